The van der Waals surface area contributed by atoms with Crippen molar-refractivity contribution >= 4 is 11.9 Å². The maximum absolute atomic E-state index is 12.2. The molecular formula is C18H26N2O4. The van der Waals surface area contributed by atoms with Crippen LogP contribution >= 0.6 is 0 Å². The standard InChI is InChI=1S/C18H26N2O4/c1-3-24-18(22)15-8-10-20(11-9-15)17(21)13-19-12-14-4-6-16(23-2)7-5-14/h4-7,15,19H,3,8-13H2,1-2H3. The van der Waals surface area contributed by atoms with Crippen LogP contribution in [0.1, 0.15) is 25.3 Å². The number of carbonyl (C=O) groups excluding carboxylic acids is 2. The minimum atomic E-state index is -0.137. The number of nitrogens with zero attached hydrogens (tertiary/aromatic N) is 1. The predicted octanol–water partition coefficient (Wildman–Crippen LogP) is 1.59. The third-order valence-electron chi connectivity index (χ3n) is 4.23. The van der Waals surface area contributed by atoms with Gasteiger partial charge in [0, 0.05) is 19.6 Å². The number of methoxy groups -OCH3 is 1. The summed E-state index contributed by atoms with van der Waals surface area (Å²) in [5, 5.41) is 3.17. The molecule has 0 aliphatic carbocycles. The molecule has 0 saturated carbocycles. The molecule has 0 aromatic heterocycles. The second kappa shape index (κ2) is 9.27. The minimum absolute atomic E-state index is 0.0683. The van der Waals surface area contributed by atoms with Crippen molar-refractivity contribution in [3.05, 3.63) is 29.8 Å². The molecule has 1 heterocycles. The summed E-state index contributed by atoms with van der Waals surface area (Å²) in [4.78, 5) is 25.7. The van der Waals surface area contributed by atoms with Gasteiger partial charge in [-0.05, 0) is 37.5 Å². The molecule has 1 aliphatic heterocycles. The average Bonchev–Trinajstić information content (AvgIpc) is 2.62. The van der Waals surface area contributed by atoms with E-state index in [4.69, 9.17) is 9.47 Å². The molecule has 2 rings (SSSR count). The van der Waals surface area contributed by atoms with Crippen LogP contribution < -0.4 is 10.1 Å². The molecule has 1 aromatic carbocycles. The highest BCUT2D eigenvalue weighted by Crippen LogP contribution is 2.18. The summed E-state index contributed by atoms with van der Waals surface area (Å²) in [6.45, 7) is 4.39. The maximum atomic E-state index is 12.2. The quantitative estimate of drug-likeness (QED) is 0.767. The van der Waals surface area contributed by atoms with E-state index in [1.54, 1.807) is 7.11 Å². The summed E-state index contributed by atoms with van der Waals surface area (Å²) in [6, 6.07) is 7.75. The molecular weight excluding hydrogens is 308 g/mol. The summed E-state index contributed by atoms with van der Waals surface area (Å²) < 4.78 is 10.2. The third-order valence-corrected chi connectivity index (χ3v) is 4.23. The molecule has 1 saturated heterocycles. The summed E-state index contributed by atoms with van der Waals surface area (Å²) in [5.41, 5.74) is 1.10. The Hall–Kier alpha value is -2.08. The van der Waals surface area contributed by atoms with E-state index in [2.05, 4.69) is 5.32 Å². The molecule has 0 bridgehead atoms. The van der Waals surface area contributed by atoms with Crippen molar-refractivity contribution in [3.8, 4) is 5.75 Å². The van der Waals surface area contributed by atoms with Gasteiger partial charge in [-0.2, -0.15) is 0 Å². The molecule has 1 fully saturated rings. The Morgan fingerprint density at radius 1 is 1.21 bits per heavy atom. The zero-order valence-electron chi connectivity index (χ0n) is 14.4. The summed E-state index contributed by atoms with van der Waals surface area (Å²) >= 11 is 0. The number of nitrogens with one attached hydrogen (secondary N) is 1. The largest absolute Gasteiger partial charge is 0.497 e. The van der Waals surface area contributed by atoms with Gasteiger partial charge in [-0.3, -0.25) is 9.59 Å². The highest BCUT2D eigenvalue weighted by atomic mass is 16.5. The van der Waals surface area contributed by atoms with Gasteiger partial charge in [0.25, 0.3) is 0 Å². The van der Waals surface area contributed by atoms with Gasteiger partial charge >= 0.3 is 5.97 Å². The van der Waals surface area contributed by atoms with Crippen LogP contribution in [-0.4, -0.2) is 50.1 Å². The first-order chi connectivity index (χ1) is 11.6. The van der Waals surface area contributed by atoms with Crippen molar-refractivity contribution in [2.75, 3.05) is 33.4 Å². The number of likely N-dealkylation sites (tertiary alicyclic amines) is 1. The molecule has 0 radical (unpaired) electrons. The molecule has 1 N–H and O–H groups in total. The Balaban J connectivity index is 1.68. The van der Waals surface area contributed by atoms with E-state index < -0.39 is 0 Å². The molecule has 132 valence electrons. The third kappa shape index (κ3) is 5.23. The number of esters is 1. The lowest BCUT2D eigenvalue weighted by atomic mass is 9.97. The number of amides is 1. The Morgan fingerprint density at radius 2 is 1.88 bits per heavy atom. The van der Waals surface area contributed by atoms with Crippen LogP contribution in [0.2, 0.25) is 0 Å². The van der Waals surface area contributed by atoms with Crippen molar-refractivity contribution in [2.24, 2.45) is 5.92 Å². The second-order valence-electron chi connectivity index (χ2n) is 5.86. The lowest BCUT2D eigenvalue weighted by Crippen LogP contribution is -2.44. The van der Waals surface area contributed by atoms with Crippen molar-refractivity contribution in [2.45, 2.75) is 26.3 Å². The first-order valence-corrected chi connectivity index (χ1v) is 8.42. The smallest absolute Gasteiger partial charge is 0.309 e. The molecule has 0 atom stereocenters. The number of hydrogen-bond donors (Lipinski definition) is 1. The van der Waals surface area contributed by atoms with Crippen LogP contribution in [0.4, 0.5) is 0 Å². The van der Waals surface area contributed by atoms with Crippen LogP contribution in [0.15, 0.2) is 24.3 Å². The number of carbonyl (C=O) groups is 2. The molecule has 0 spiro atoms. The number of ether oxygens (including phenoxy) is 2. The first kappa shape index (κ1) is 18.3. The monoisotopic (exact) mass is 334 g/mol. The zero-order valence-corrected chi connectivity index (χ0v) is 14.4. The summed E-state index contributed by atoms with van der Waals surface area (Å²) in [6.07, 6.45) is 1.37. The van der Waals surface area contributed by atoms with Gasteiger partial charge < -0.3 is 19.7 Å². The van der Waals surface area contributed by atoms with Gasteiger partial charge in [0.05, 0.1) is 26.2 Å². The van der Waals surface area contributed by atoms with E-state index in [-0.39, 0.29) is 17.8 Å². The minimum Gasteiger partial charge on any atom is -0.497 e. The Kier molecular flexibility index (Phi) is 7.06. The van der Waals surface area contributed by atoms with Crippen LogP contribution in [0.3, 0.4) is 0 Å². The van der Waals surface area contributed by atoms with Gasteiger partial charge in [0.15, 0.2) is 0 Å². The van der Waals surface area contributed by atoms with Crippen molar-refractivity contribution in [1.29, 1.82) is 0 Å². The van der Waals surface area contributed by atoms with Gasteiger partial charge in [-0.1, -0.05) is 12.1 Å². The normalized spacial score (nSPS) is 15.2. The van der Waals surface area contributed by atoms with E-state index in [0.717, 1.165) is 11.3 Å². The Morgan fingerprint density at radius 3 is 2.46 bits per heavy atom. The summed E-state index contributed by atoms with van der Waals surface area (Å²) in [7, 11) is 1.64. The van der Waals surface area contributed by atoms with E-state index in [9.17, 15) is 9.59 Å². The van der Waals surface area contributed by atoms with E-state index >= 15 is 0 Å². The highest BCUT2D eigenvalue weighted by molar-refractivity contribution is 5.79. The Bertz CT molecular complexity index is 536. The van der Waals surface area contributed by atoms with Gasteiger partial charge in [0.2, 0.25) is 5.91 Å². The second-order valence-corrected chi connectivity index (χ2v) is 5.86. The zero-order chi connectivity index (χ0) is 17.4. The fraction of sp³-hybridized carbons (Fsp3) is 0.556. The van der Waals surface area contributed by atoms with Crippen LogP contribution in [0.25, 0.3) is 0 Å². The summed E-state index contributed by atoms with van der Waals surface area (Å²) in [5.74, 6) is 0.689. The van der Waals surface area contributed by atoms with E-state index in [1.165, 1.54) is 0 Å². The highest BCUT2D eigenvalue weighted by Gasteiger charge is 2.27. The molecule has 1 aliphatic rings. The molecule has 0 unspecified atom stereocenters. The van der Waals surface area contributed by atoms with E-state index in [0.29, 0.717) is 45.6 Å². The Labute approximate surface area is 143 Å². The topological polar surface area (TPSA) is 67.9 Å². The number of rotatable bonds is 7. The van der Waals surface area contributed by atoms with Crippen molar-refractivity contribution < 1.29 is 19.1 Å². The van der Waals surface area contributed by atoms with Crippen LogP contribution in [-0.2, 0) is 20.9 Å². The fourth-order valence-electron chi connectivity index (χ4n) is 2.79. The molecule has 6 nitrogen and oxygen atoms in total. The van der Waals surface area contributed by atoms with Gasteiger partial charge in [-0.15, -0.1) is 0 Å². The molecule has 1 aromatic rings. The van der Waals surface area contributed by atoms with Gasteiger partial charge in [-0.25, -0.2) is 0 Å². The fourth-order valence-corrected chi connectivity index (χ4v) is 2.79. The molecule has 1 amide bonds. The number of benzene rings is 1. The number of piperidine rings is 1. The molecule has 6 heteroatoms. The average molecular weight is 334 g/mol. The van der Waals surface area contributed by atoms with Crippen LogP contribution in [0.5, 0.6) is 5.75 Å². The van der Waals surface area contributed by atoms with E-state index in [1.807, 2.05) is 36.1 Å². The van der Waals surface area contributed by atoms with Gasteiger partial charge in [0.1, 0.15) is 5.75 Å². The predicted molar refractivity (Wildman–Crippen MR) is 90.6 cm³/mol. The lowest BCUT2D eigenvalue weighted by Gasteiger charge is -2.31. The maximum Gasteiger partial charge on any atom is 0.309 e. The van der Waals surface area contributed by atoms with Crippen molar-refractivity contribution in [3.63, 3.8) is 0 Å². The number of hydrogen-bond acceptors (Lipinski definition) is 5. The first-order valence-electron chi connectivity index (χ1n) is 8.42. The lowest BCUT2D eigenvalue weighted by molar-refractivity contribution is -0.151. The SMILES string of the molecule is CCOC(=O)C1CCN(C(=O)CNCc2ccc(OC)cc2)CC1. The molecule has 24 heavy (non-hydrogen) atoms. The van der Waals surface area contributed by atoms with Crippen molar-refractivity contribution in [1.82, 2.24) is 10.2 Å². The van der Waals surface area contributed by atoms with Crippen LogP contribution in [0, 0.1) is 5.92 Å².